The highest BCUT2D eigenvalue weighted by Crippen LogP contribution is 2.36. The summed E-state index contributed by atoms with van der Waals surface area (Å²) in [7, 11) is 0. The van der Waals surface area contributed by atoms with Crippen LogP contribution in [0.1, 0.15) is 57.6 Å². The second-order valence-corrected chi connectivity index (χ2v) is 6.76. The van der Waals surface area contributed by atoms with Gasteiger partial charge in [0.25, 0.3) is 0 Å². The van der Waals surface area contributed by atoms with Crippen LogP contribution in [0.5, 0.6) is 0 Å². The minimum atomic E-state index is 0.557. The Labute approximate surface area is 122 Å². The third kappa shape index (κ3) is 3.32. The molecule has 1 aromatic rings. The monoisotopic (exact) mass is 273 g/mol. The molecule has 20 heavy (non-hydrogen) atoms. The maximum Gasteiger partial charge on any atom is 0.130 e. The summed E-state index contributed by atoms with van der Waals surface area (Å²) in [6, 6.07) is 5.60. The Hall–Kier alpha value is -1.09. The number of anilines is 1. The largest absolute Gasteiger partial charge is 0.367 e. The van der Waals surface area contributed by atoms with Crippen LogP contribution in [0.15, 0.2) is 18.3 Å². The van der Waals surface area contributed by atoms with E-state index >= 15 is 0 Å². The molecular formula is C17H27N3. The fraction of sp³-hybridized carbons (Fsp3) is 0.706. The molecule has 2 fully saturated rings. The first-order chi connectivity index (χ1) is 9.74. The molecule has 0 amide bonds. The number of pyridine rings is 1. The third-order valence-corrected chi connectivity index (χ3v) is 4.33. The van der Waals surface area contributed by atoms with Crippen LogP contribution in [0.2, 0.25) is 0 Å². The number of nitrogens with zero attached hydrogens (tertiary/aromatic N) is 2. The van der Waals surface area contributed by atoms with Crippen molar-refractivity contribution in [1.82, 2.24) is 9.88 Å². The summed E-state index contributed by atoms with van der Waals surface area (Å²) in [5.41, 5.74) is 1.42. The normalized spacial score (nSPS) is 24.1. The van der Waals surface area contributed by atoms with Crippen LogP contribution in [0.3, 0.4) is 0 Å². The summed E-state index contributed by atoms with van der Waals surface area (Å²) >= 11 is 0. The van der Waals surface area contributed by atoms with E-state index < -0.39 is 0 Å². The number of nitrogens with one attached hydrogen (secondary N) is 1. The zero-order valence-electron chi connectivity index (χ0n) is 12.8. The van der Waals surface area contributed by atoms with Gasteiger partial charge in [0.05, 0.1) is 0 Å². The van der Waals surface area contributed by atoms with E-state index in [1.165, 1.54) is 50.8 Å². The van der Waals surface area contributed by atoms with Crippen molar-refractivity contribution in [1.29, 1.82) is 0 Å². The van der Waals surface area contributed by atoms with Crippen molar-refractivity contribution in [2.24, 2.45) is 5.92 Å². The zero-order valence-corrected chi connectivity index (χ0v) is 12.8. The minimum absolute atomic E-state index is 0.557. The molecule has 0 bridgehead atoms. The van der Waals surface area contributed by atoms with Crippen molar-refractivity contribution in [3.63, 3.8) is 0 Å². The minimum Gasteiger partial charge on any atom is -0.367 e. The molecule has 1 saturated heterocycles. The predicted molar refractivity (Wildman–Crippen MR) is 83.9 cm³/mol. The van der Waals surface area contributed by atoms with Crippen molar-refractivity contribution < 1.29 is 0 Å². The molecule has 1 N–H and O–H groups in total. The van der Waals surface area contributed by atoms with E-state index in [-0.39, 0.29) is 0 Å². The first-order valence-electron chi connectivity index (χ1n) is 8.19. The molecule has 3 nitrogen and oxygen atoms in total. The van der Waals surface area contributed by atoms with Gasteiger partial charge < -0.3 is 5.32 Å². The van der Waals surface area contributed by atoms with Crippen LogP contribution in [0.25, 0.3) is 0 Å². The van der Waals surface area contributed by atoms with Gasteiger partial charge in [0.1, 0.15) is 5.82 Å². The van der Waals surface area contributed by atoms with Gasteiger partial charge in [0.2, 0.25) is 0 Å². The smallest absolute Gasteiger partial charge is 0.130 e. The number of rotatable bonds is 5. The lowest BCUT2D eigenvalue weighted by molar-refractivity contribution is 0.132. The number of likely N-dealkylation sites (tertiary alicyclic amines) is 1. The van der Waals surface area contributed by atoms with Gasteiger partial charge >= 0.3 is 0 Å². The van der Waals surface area contributed by atoms with Gasteiger partial charge in [-0.3, -0.25) is 4.90 Å². The maximum atomic E-state index is 4.61. The van der Waals surface area contributed by atoms with Crippen LogP contribution >= 0.6 is 0 Å². The Morgan fingerprint density at radius 1 is 1.30 bits per heavy atom. The van der Waals surface area contributed by atoms with Gasteiger partial charge in [-0.25, -0.2) is 4.98 Å². The highest BCUT2D eigenvalue weighted by atomic mass is 15.2. The van der Waals surface area contributed by atoms with Crippen molar-refractivity contribution in [2.45, 2.75) is 58.0 Å². The van der Waals surface area contributed by atoms with Crippen LogP contribution in [0.4, 0.5) is 5.82 Å². The lowest BCUT2D eigenvalue weighted by Crippen LogP contribution is -2.36. The van der Waals surface area contributed by atoms with Gasteiger partial charge in [-0.2, -0.15) is 0 Å². The lowest BCUT2D eigenvalue weighted by Gasteiger charge is -2.37. The standard InChI is InChI=1S/C17H27N3/c1-13(2)12-20-11-4-3-7-16(20)15-6-5-10-18-17(15)19-14-8-9-14/h5-6,10,13-14,16H,3-4,7-9,11-12H2,1-2H3,(H,18,19)/t16-/m1/s1. The molecule has 1 saturated carbocycles. The zero-order chi connectivity index (χ0) is 13.9. The Kier molecular flexibility index (Phi) is 4.25. The quantitative estimate of drug-likeness (QED) is 0.883. The Bertz CT molecular complexity index is 440. The maximum absolute atomic E-state index is 4.61. The van der Waals surface area contributed by atoms with E-state index in [2.05, 4.69) is 41.2 Å². The van der Waals surface area contributed by atoms with Crippen molar-refractivity contribution in [2.75, 3.05) is 18.4 Å². The van der Waals surface area contributed by atoms with Crippen LogP contribution in [-0.4, -0.2) is 29.0 Å². The summed E-state index contributed by atoms with van der Waals surface area (Å²) < 4.78 is 0. The highest BCUT2D eigenvalue weighted by Gasteiger charge is 2.29. The molecule has 0 aromatic carbocycles. The average Bonchev–Trinajstić information content (AvgIpc) is 3.24. The molecular weight excluding hydrogens is 246 g/mol. The van der Waals surface area contributed by atoms with Crippen molar-refractivity contribution in [3.8, 4) is 0 Å². The Morgan fingerprint density at radius 3 is 2.90 bits per heavy atom. The number of hydrogen-bond acceptors (Lipinski definition) is 3. The molecule has 0 spiro atoms. The molecule has 1 aliphatic heterocycles. The summed E-state index contributed by atoms with van der Waals surface area (Å²) in [4.78, 5) is 7.28. The molecule has 2 heterocycles. The van der Waals surface area contributed by atoms with Gasteiger partial charge in [-0.15, -0.1) is 0 Å². The average molecular weight is 273 g/mol. The van der Waals surface area contributed by atoms with Crippen molar-refractivity contribution >= 4 is 5.82 Å². The number of piperidine rings is 1. The van der Waals surface area contributed by atoms with E-state index in [1.54, 1.807) is 0 Å². The highest BCUT2D eigenvalue weighted by molar-refractivity contribution is 5.47. The van der Waals surface area contributed by atoms with E-state index in [9.17, 15) is 0 Å². The molecule has 1 aromatic heterocycles. The van der Waals surface area contributed by atoms with Gasteiger partial charge in [-0.1, -0.05) is 26.3 Å². The van der Waals surface area contributed by atoms with E-state index in [1.807, 2.05) is 6.20 Å². The van der Waals surface area contributed by atoms with Gasteiger partial charge in [0, 0.05) is 30.4 Å². The van der Waals surface area contributed by atoms with Crippen LogP contribution < -0.4 is 5.32 Å². The number of aromatic nitrogens is 1. The molecule has 0 radical (unpaired) electrons. The molecule has 1 aliphatic carbocycles. The molecule has 110 valence electrons. The van der Waals surface area contributed by atoms with Crippen LogP contribution in [-0.2, 0) is 0 Å². The molecule has 0 unspecified atom stereocenters. The third-order valence-electron chi connectivity index (χ3n) is 4.33. The molecule has 3 rings (SSSR count). The van der Waals surface area contributed by atoms with Crippen LogP contribution in [0, 0.1) is 5.92 Å². The fourth-order valence-corrected chi connectivity index (χ4v) is 3.26. The molecule has 3 heteroatoms. The fourth-order valence-electron chi connectivity index (χ4n) is 3.26. The van der Waals surface area contributed by atoms with Gasteiger partial charge in [0.15, 0.2) is 0 Å². The topological polar surface area (TPSA) is 28.2 Å². The lowest BCUT2D eigenvalue weighted by atomic mass is 9.94. The first-order valence-corrected chi connectivity index (χ1v) is 8.19. The summed E-state index contributed by atoms with van der Waals surface area (Å²) in [6.07, 6.45) is 8.49. The SMILES string of the molecule is CC(C)CN1CCCC[C@@H]1c1cccnc1NC1CC1. The Balaban J connectivity index is 1.81. The van der Waals surface area contributed by atoms with Gasteiger partial charge in [-0.05, 0) is 44.2 Å². The second kappa shape index (κ2) is 6.13. The Morgan fingerprint density at radius 2 is 2.15 bits per heavy atom. The predicted octanol–water partition coefficient (Wildman–Crippen LogP) is 3.84. The summed E-state index contributed by atoms with van der Waals surface area (Å²) in [6.45, 7) is 7.07. The molecule has 1 atom stereocenters. The summed E-state index contributed by atoms with van der Waals surface area (Å²) in [5, 5.41) is 3.62. The first kappa shape index (κ1) is 13.9. The summed E-state index contributed by atoms with van der Waals surface area (Å²) in [5.74, 6) is 1.86. The van der Waals surface area contributed by atoms with E-state index in [4.69, 9.17) is 0 Å². The van der Waals surface area contributed by atoms with E-state index in [0.717, 1.165) is 11.7 Å². The molecule has 2 aliphatic rings. The second-order valence-electron chi connectivity index (χ2n) is 6.76. The van der Waals surface area contributed by atoms with E-state index in [0.29, 0.717) is 12.1 Å². The van der Waals surface area contributed by atoms with Crippen molar-refractivity contribution in [3.05, 3.63) is 23.9 Å². The number of hydrogen-bond donors (Lipinski definition) is 1.